The Morgan fingerprint density at radius 2 is 2.28 bits per heavy atom. The minimum Gasteiger partial charge on any atom is -0.328 e. The van der Waals surface area contributed by atoms with E-state index in [9.17, 15) is 14.9 Å². The van der Waals surface area contributed by atoms with Gasteiger partial charge < -0.3 is 11.1 Å². The van der Waals surface area contributed by atoms with Gasteiger partial charge in [-0.2, -0.15) is 0 Å². The maximum absolute atomic E-state index is 11.5. The normalized spacial score (nSPS) is 11.9. The average Bonchev–Trinajstić information content (AvgIpc) is 2.28. The van der Waals surface area contributed by atoms with E-state index in [1.54, 1.807) is 6.92 Å². The van der Waals surface area contributed by atoms with Crippen LogP contribution in [-0.4, -0.2) is 16.9 Å². The molecule has 98 valence electrons. The Balaban J connectivity index is 2.70. The van der Waals surface area contributed by atoms with E-state index in [-0.39, 0.29) is 29.1 Å². The summed E-state index contributed by atoms with van der Waals surface area (Å²) in [7, 11) is 0. The number of nitrogens with two attached hydrogens (primary N) is 1. The topological polar surface area (TPSA) is 98.3 Å². The molecular weight excluding hydrogens is 258 g/mol. The lowest BCUT2D eigenvalue weighted by Gasteiger charge is -2.07. The molecule has 0 bridgehead atoms. The molecule has 0 aliphatic carbocycles. The fraction of sp³-hybridized carbons (Fsp3) is 0.364. The second-order valence-electron chi connectivity index (χ2n) is 3.99. The first-order valence-corrected chi connectivity index (χ1v) is 5.77. The number of nitrogens with one attached hydrogen (secondary N) is 1. The quantitative estimate of drug-likeness (QED) is 0.634. The molecule has 0 aliphatic rings. The van der Waals surface area contributed by atoms with Crippen LogP contribution in [0.3, 0.4) is 0 Å². The summed E-state index contributed by atoms with van der Waals surface area (Å²) in [6.45, 7) is 1.81. The van der Waals surface area contributed by atoms with E-state index in [1.807, 2.05) is 0 Å². The number of amides is 1. The number of nitro benzene ring substituents is 1. The fourth-order valence-corrected chi connectivity index (χ4v) is 1.50. The highest BCUT2D eigenvalue weighted by molar-refractivity contribution is 6.32. The van der Waals surface area contributed by atoms with Crippen molar-refractivity contribution in [2.75, 3.05) is 5.32 Å². The Morgan fingerprint density at radius 3 is 2.83 bits per heavy atom. The summed E-state index contributed by atoms with van der Waals surface area (Å²) >= 11 is 5.66. The molecule has 0 heterocycles. The van der Waals surface area contributed by atoms with Gasteiger partial charge in [-0.3, -0.25) is 14.9 Å². The molecule has 0 aliphatic heterocycles. The number of anilines is 1. The molecule has 1 amide bonds. The molecule has 0 saturated heterocycles. The highest BCUT2D eigenvalue weighted by Crippen LogP contribution is 2.27. The van der Waals surface area contributed by atoms with Crippen LogP contribution < -0.4 is 11.1 Å². The van der Waals surface area contributed by atoms with Gasteiger partial charge in [-0.1, -0.05) is 11.6 Å². The van der Waals surface area contributed by atoms with Crippen molar-refractivity contribution in [1.29, 1.82) is 0 Å². The molecule has 18 heavy (non-hydrogen) atoms. The molecular formula is C11H14ClN3O3. The van der Waals surface area contributed by atoms with Gasteiger partial charge in [0, 0.05) is 24.2 Å². The van der Waals surface area contributed by atoms with Gasteiger partial charge >= 0.3 is 0 Å². The highest BCUT2D eigenvalue weighted by Gasteiger charge is 2.13. The van der Waals surface area contributed by atoms with Crippen molar-refractivity contribution in [3.63, 3.8) is 0 Å². The van der Waals surface area contributed by atoms with E-state index in [0.717, 1.165) is 0 Å². The van der Waals surface area contributed by atoms with E-state index in [0.29, 0.717) is 12.1 Å². The molecule has 0 aromatic heterocycles. The van der Waals surface area contributed by atoms with Gasteiger partial charge in [-0.05, 0) is 25.5 Å². The first-order valence-electron chi connectivity index (χ1n) is 5.39. The van der Waals surface area contributed by atoms with Crippen LogP contribution in [0.25, 0.3) is 0 Å². The highest BCUT2D eigenvalue weighted by atomic mass is 35.5. The van der Waals surface area contributed by atoms with Gasteiger partial charge in [0.05, 0.1) is 4.92 Å². The standard InChI is InChI=1S/C11H14ClN3O3/c1-7(13)2-5-11(16)14-8-3-4-9(12)10(6-8)15(17)18/h3-4,6-7H,2,5,13H2,1H3,(H,14,16). The molecule has 0 spiro atoms. The maximum atomic E-state index is 11.5. The lowest BCUT2D eigenvalue weighted by atomic mass is 10.2. The number of hydrogen-bond acceptors (Lipinski definition) is 4. The second-order valence-corrected chi connectivity index (χ2v) is 4.39. The van der Waals surface area contributed by atoms with Crippen LogP contribution >= 0.6 is 11.6 Å². The number of carbonyl (C=O) groups is 1. The van der Waals surface area contributed by atoms with Crippen molar-refractivity contribution in [3.05, 3.63) is 33.3 Å². The second kappa shape index (κ2) is 6.32. The van der Waals surface area contributed by atoms with E-state index >= 15 is 0 Å². The van der Waals surface area contributed by atoms with E-state index in [2.05, 4.69) is 5.32 Å². The van der Waals surface area contributed by atoms with Crippen LogP contribution in [-0.2, 0) is 4.79 Å². The zero-order valence-electron chi connectivity index (χ0n) is 9.85. The predicted molar refractivity (Wildman–Crippen MR) is 69.6 cm³/mol. The molecule has 1 aromatic rings. The van der Waals surface area contributed by atoms with E-state index in [1.165, 1.54) is 18.2 Å². The summed E-state index contributed by atoms with van der Waals surface area (Å²) < 4.78 is 0. The third-order valence-electron chi connectivity index (χ3n) is 2.25. The lowest BCUT2D eigenvalue weighted by Crippen LogP contribution is -2.19. The Morgan fingerprint density at radius 1 is 1.61 bits per heavy atom. The fourth-order valence-electron chi connectivity index (χ4n) is 1.31. The minimum absolute atomic E-state index is 0.0357. The number of hydrogen-bond donors (Lipinski definition) is 2. The summed E-state index contributed by atoms with van der Waals surface area (Å²) in [5.74, 6) is -0.232. The van der Waals surface area contributed by atoms with Gasteiger partial charge in [0.1, 0.15) is 5.02 Å². The predicted octanol–water partition coefficient (Wildman–Crippen LogP) is 2.31. The Hall–Kier alpha value is -1.66. The molecule has 1 atom stereocenters. The van der Waals surface area contributed by atoms with Crippen LogP contribution in [0.4, 0.5) is 11.4 Å². The van der Waals surface area contributed by atoms with Crippen molar-refractivity contribution >= 4 is 28.9 Å². The summed E-state index contributed by atoms with van der Waals surface area (Å²) in [4.78, 5) is 21.6. The third kappa shape index (κ3) is 4.31. The van der Waals surface area contributed by atoms with Gasteiger partial charge in [0.2, 0.25) is 5.91 Å². The molecule has 3 N–H and O–H groups in total. The summed E-state index contributed by atoms with van der Waals surface area (Å²) in [5, 5.41) is 13.3. The number of rotatable bonds is 5. The number of nitro groups is 1. The van der Waals surface area contributed by atoms with Crippen LogP contribution in [0.1, 0.15) is 19.8 Å². The van der Waals surface area contributed by atoms with Gasteiger partial charge in [0.25, 0.3) is 5.69 Å². The van der Waals surface area contributed by atoms with E-state index < -0.39 is 4.92 Å². The van der Waals surface area contributed by atoms with Gasteiger partial charge in [-0.25, -0.2) is 0 Å². The Kier molecular flexibility index (Phi) is 5.06. The van der Waals surface area contributed by atoms with Crippen molar-refractivity contribution in [3.8, 4) is 0 Å². The molecule has 0 saturated carbocycles. The van der Waals surface area contributed by atoms with Gasteiger partial charge in [0.15, 0.2) is 0 Å². The lowest BCUT2D eigenvalue weighted by molar-refractivity contribution is -0.384. The molecule has 0 fully saturated rings. The largest absolute Gasteiger partial charge is 0.328 e. The van der Waals surface area contributed by atoms with Crippen LogP contribution in [0.15, 0.2) is 18.2 Å². The third-order valence-corrected chi connectivity index (χ3v) is 2.57. The van der Waals surface area contributed by atoms with Gasteiger partial charge in [-0.15, -0.1) is 0 Å². The number of carbonyl (C=O) groups excluding carboxylic acids is 1. The first-order chi connectivity index (χ1) is 8.40. The number of nitrogens with zero attached hydrogens (tertiary/aromatic N) is 1. The maximum Gasteiger partial charge on any atom is 0.289 e. The van der Waals surface area contributed by atoms with Crippen LogP contribution in [0, 0.1) is 10.1 Å². The zero-order valence-corrected chi connectivity index (χ0v) is 10.6. The van der Waals surface area contributed by atoms with Crippen LogP contribution in [0.5, 0.6) is 0 Å². The summed E-state index contributed by atoms with van der Waals surface area (Å²) in [5.41, 5.74) is 5.64. The SMILES string of the molecule is CC(N)CCC(=O)Nc1ccc(Cl)c([N+](=O)[O-])c1. The molecule has 1 aromatic carbocycles. The molecule has 1 unspecified atom stereocenters. The molecule has 6 nitrogen and oxygen atoms in total. The number of benzene rings is 1. The first kappa shape index (κ1) is 14.4. The van der Waals surface area contributed by atoms with E-state index in [4.69, 9.17) is 17.3 Å². The van der Waals surface area contributed by atoms with Crippen molar-refractivity contribution in [2.45, 2.75) is 25.8 Å². The minimum atomic E-state index is -0.597. The average molecular weight is 272 g/mol. The van der Waals surface area contributed by atoms with Crippen molar-refractivity contribution in [1.82, 2.24) is 0 Å². The molecule has 1 rings (SSSR count). The zero-order chi connectivity index (χ0) is 13.7. The monoisotopic (exact) mass is 271 g/mol. The van der Waals surface area contributed by atoms with Crippen molar-refractivity contribution < 1.29 is 9.72 Å². The summed E-state index contributed by atoms with van der Waals surface area (Å²) in [6.07, 6.45) is 0.829. The summed E-state index contributed by atoms with van der Waals surface area (Å²) in [6, 6.07) is 4.06. The number of halogens is 1. The Bertz CT molecular complexity index is 463. The smallest absolute Gasteiger partial charge is 0.289 e. The van der Waals surface area contributed by atoms with Crippen LogP contribution in [0.2, 0.25) is 5.02 Å². The van der Waals surface area contributed by atoms with Crippen molar-refractivity contribution in [2.24, 2.45) is 5.73 Å². The molecule has 0 radical (unpaired) electrons. The molecule has 7 heteroatoms. The Labute approximate surface area is 109 Å².